The van der Waals surface area contributed by atoms with E-state index in [1.54, 1.807) is 0 Å². The first-order valence-corrected chi connectivity index (χ1v) is 18.2. The van der Waals surface area contributed by atoms with Crippen LogP contribution in [0.2, 0.25) is 0 Å². The zero-order chi connectivity index (χ0) is 35.6. The van der Waals surface area contributed by atoms with E-state index in [0.717, 1.165) is 70.6 Å². The van der Waals surface area contributed by atoms with Crippen LogP contribution < -0.4 is 21.3 Å². The summed E-state index contributed by atoms with van der Waals surface area (Å²) in [6, 6.07) is -2.88. The van der Waals surface area contributed by atoms with Crippen LogP contribution >= 0.6 is 0 Å². The van der Waals surface area contributed by atoms with Crippen molar-refractivity contribution in [3.05, 3.63) is 24.3 Å². The fourth-order valence-corrected chi connectivity index (χ4v) is 6.91. The van der Waals surface area contributed by atoms with Gasteiger partial charge in [0.25, 0.3) is 11.8 Å². The molecule has 3 atom stereocenters. The second-order valence-corrected chi connectivity index (χ2v) is 15.1. The van der Waals surface area contributed by atoms with E-state index in [-0.39, 0.29) is 30.1 Å². The lowest BCUT2D eigenvalue weighted by Gasteiger charge is -2.38. The molecule has 0 aromatic carbocycles. The van der Waals surface area contributed by atoms with Crippen molar-refractivity contribution in [2.75, 3.05) is 13.1 Å². The van der Waals surface area contributed by atoms with Crippen LogP contribution in [0.15, 0.2) is 18.6 Å². The first kappa shape index (κ1) is 37.9. The topological polar surface area (TPSA) is 180 Å². The molecule has 0 saturated heterocycles. The van der Waals surface area contributed by atoms with E-state index < -0.39 is 58.9 Å². The van der Waals surface area contributed by atoms with Crippen LogP contribution in [0.1, 0.15) is 122 Å². The van der Waals surface area contributed by atoms with Crippen molar-refractivity contribution in [2.24, 2.45) is 17.3 Å². The normalized spacial score (nSPS) is 18.9. The van der Waals surface area contributed by atoms with Gasteiger partial charge in [0, 0.05) is 25.0 Å². The highest BCUT2D eigenvalue weighted by Crippen LogP contribution is 2.30. The van der Waals surface area contributed by atoms with Gasteiger partial charge in [-0.3, -0.25) is 33.8 Å². The van der Waals surface area contributed by atoms with Crippen LogP contribution in [-0.2, 0) is 24.0 Å². The molecule has 1 aromatic rings. The molecule has 1 aromatic heterocycles. The summed E-state index contributed by atoms with van der Waals surface area (Å²) in [7, 11) is 0. The van der Waals surface area contributed by atoms with Gasteiger partial charge in [-0.1, -0.05) is 66.2 Å². The van der Waals surface area contributed by atoms with Crippen molar-refractivity contribution in [3.8, 4) is 0 Å². The second-order valence-electron chi connectivity index (χ2n) is 15.1. The van der Waals surface area contributed by atoms with Crippen LogP contribution in [0.5, 0.6) is 0 Å². The van der Waals surface area contributed by atoms with Crippen molar-refractivity contribution >= 4 is 35.3 Å². The lowest BCUT2D eigenvalue weighted by molar-refractivity contribution is -0.144. The van der Waals surface area contributed by atoms with Gasteiger partial charge in [-0.25, -0.2) is 4.98 Å². The van der Waals surface area contributed by atoms with Gasteiger partial charge in [0.1, 0.15) is 17.8 Å². The molecular formula is C36H55N7O6. The number of amides is 5. The van der Waals surface area contributed by atoms with Crippen LogP contribution in [0.3, 0.4) is 0 Å². The van der Waals surface area contributed by atoms with Gasteiger partial charge in [0.2, 0.25) is 23.5 Å². The smallest absolute Gasteiger partial charge is 0.289 e. The SMILES string of the molecule is CCC[C@H](NC(=O)CN(CC1CCCC1)C(=O)C(NC(=O)[C@@H](NC(=O)c1cnccn1)C1CCCCC1)C(C)(C)C)C(=O)C(=O)NC1CC1. The second kappa shape index (κ2) is 17.7. The molecule has 5 amide bonds. The largest absolute Gasteiger partial charge is 0.347 e. The van der Waals surface area contributed by atoms with Gasteiger partial charge in [0.05, 0.1) is 18.8 Å². The van der Waals surface area contributed by atoms with Crippen molar-refractivity contribution < 1.29 is 28.8 Å². The number of carbonyl (C=O) groups excluding carboxylic acids is 6. The monoisotopic (exact) mass is 681 g/mol. The molecule has 3 aliphatic carbocycles. The Hall–Kier alpha value is -3.90. The molecule has 270 valence electrons. The van der Waals surface area contributed by atoms with Crippen molar-refractivity contribution in [3.63, 3.8) is 0 Å². The van der Waals surface area contributed by atoms with E-state index in [1.165, 1.54) is 23.5 Å². The standard InChI is InChI=1S/C36H55N7O6/c1-5-11-26(30(45)34(48)39-25-16-17-25)40-28(44)22-43(21-23-12-9-10-13-23)35(49)31(36(2,3)4)42-33(47)29(24-14-7-6-8-15-24)41-32(46)27-20-37-18-19-38-27/h18-20,23-26,29,31H,5-17,21-22H2,1-4H3,(H,39,48)(H,40,44)(H,41,46)(H,42,47)/t26-,29-,31?/m0/s1. The quantitative estimate of drug-likeness (QED) is 0.192. The summed E-state index contributed by atoms with van der Waals surface area (Å²) in [5.74, 6) is -3.22. The lowest BCUT2D eigenvalue weighted by Crippen LogP contribution is -2.61. The number of nitrogens with zero attached hydrogens (tertiary/aromatic N) is 3. The van der Waals surface area contributed by atoms with E-state index in [2.05, 4.69) is 31.2 Å². The van der Waals surface area contributed by atoms with E-state index >= 15 is 0 Å². The number of Topliss-reactive ketones (excluding diaryl/α,β-unsaturated/α-hetero) is 1. The first-order valence-electron chi connectivity index (χ1n) is 18.2. The average Bonchev–Trinajstić information content (AvgIpc) is 3.75. The molecule has 3 saturated carbocycles. The maximum Gasteiger partial charge on any atom is 0.289 e. The van der Waals surface area contributed by atoms with Crippen LogP contribution in [0.4, 0.5) is 0 Å². The van der Waals surface area contributed by atoms with Gasteiger partial charge < -0.3 is 26.2 Å². The summed E-state index contributed by atoms with van der Waals surface area (Å²) in [5, 5.41) is 11.3. The molecule has 0 aliphatic heterocycles. The van der Waals surface area contributed by atoms with Crippen molar-refractivity contribution in [1.82, 2.24) is 36.1 Å². The summed E-state index contributed by atoms with van der Waals surface area (Å²) in [4.78, 5) is 90.3. The molecule has 3 fully saturated rings. The third-order valence-electron chi connectivity index (χ3n) is 9.85. The number of nitrogens with one attached hydrogen (secondary N) is 4. The molecule has 0 radical (unpaired) electrons. The molecule has 4 N–H and O–H groups in total. The van der Waals surface area contributed by atoms with Crippen LogP contribution in [-0.4, -0.2) is 87.4 Å². The van der Waals surface area contributed by atoms with Crippen molar-refractivity contribution in [1.29, 1.82) is 0 Å². The number of ketones is 1. The van der Waals surface area contributed by atoms with Gasteiger partial charge in [-0.15, -0.1) is 0 Å². The molecule has 1 heterocycles. The lowest BCUT2D eigenvalue weighted by atomic mass is 9.82. The summed E-state index contributed by atoms with van der Waals surface area (Å²) in [6.07, 6.45) is 15.1. The van der Waals surface area contributed by atoms with Gasteiger partial charge in [-0.2, -0.15) is 0 Å². The number of carbonyl (C=O) groups is 6. The third-order valence-corrected chi connectivity index (χ3v) is 9.85. The Bertz CT molecular complexity index is 1320. The van der Waals surface area contributed by atoms with Gasteiger partial charge >= 0.3 is 0 Å². The molecule has 49 heavy (non-hydrogen) atoms. The van der Waals surface area contributed by atoms with E-state index in [0.29, 0.717) is 19.4 Å². The van der Waals surface area contributed by atoms with Gasteiger partial charge in [0.15, 0.2) is 0 Å². The Labute approximate surface area is 289 Å². The Balaban J connectivity index is 1.52. The summed E-state index contributed by atoms with van der Waals surface area (Å²) >= 11 is 0. The zero-order valence-electron chi connectivity index (χ0n) is 29.6. The van der Waals surface area contributed by atoms with E-state index in [1.807, 2.05) is 27.7 Å². The Morgan fingerprint density at radius 2 is 1.55 bits per heavy atom. The Morgan fingerprint density at radius 3 is 2.14 bits per heavy atom. The number of hydrogen-bond acceptors (Lipinski definition) is 8. The van der Waals surface area contributed by atoms with E-state index in [4.69, 9.17) is 0 Å². The predicted molar refractivity (Wildman–Crippen MR) is 183 cm³/mol. The van der Waals surface area contributed by atoms with Crippen LogP contribution in [0.25, 0.3) is 0 Å². The predicted octanol–water partition coefficient (Wildman–Crippen LogP) is 2.84. The molecule has 4 rings (SSSR count). The first-order chi connectivity index (χ1) is 23.4. The molecule has 1 unspecified atom stereocenters. The molecule has 0 spiro atoms. The number of aromatic nitrogens is 2. The molecule has 13 nitrogen and oxygen atoms in total. The van der Waals surface area contributed by atoms with Gasteiger partial charge in [-0.05, 0) is 62.2 Å². The molecule has 3 aliphatic rings. The number of rotatable bonds is 16. The summed E-state index contributed by atoms with van der Waals surface area (Å²) in [5.41, 5.74) is -0.650. The minimum absolute atomic E-state index is 0.0107. The average molecular weight is 682 g/mol. The third kappa shape index (κ3) is 11.3. The molecular weight excluding hydrogens is 626 g/mol. The van der Waals surface area contributed by atoms with Crippen LogP contribution in [0, 0.1) is 17.3 Å². The summed E-state index contributed by atoms with van der Waals surface area (Å²) in [6.45, 7) is 7.45. The fourth-order valence-electron chi connectivity index (χ4n) is 6.91. The fraction of sp³-hybridized carbons (Fsp3) is 0.722. The Kier molecular flexibility index (Phi) is 13.7. The Morgan fingerprint density at radius 1 is 0.878 bits per heavy atom. The highest BCUT2D eigenvalue weighted by atomic mass is 16.2. The maximum atomic E-state index is 14.5. The van der Waals surface area contributed by atoms with E-state index in [9.17, 15) is 28.8 Å². The molecule has 13 heteroatoms. The minimum Gasteiger partial charge on any atom is -0.347 e. The summed E-state index contributed by atoms with van der Waals surface area (Å²) < 4.78 is 0. The minimum atomic E-state index is -1.01. The zero-order valence-corrected chi connectivity index (χ0v) is 29.6. The maximum absolute atomic E-state index is 14.5. The highest BCUT2D eigenvalue weighted by molar-refractivity contribution is 6.38. The number of hydrogen-bond donors (Lipinski definition) is 4. The highest BCUT2D eigenvalue weighted by Gasteiger charge is 2.41. The van der Waals surface area contributed by atoms with Crippen molar-refractivity contribution in [2.45, 2.75) is 135 Å². The molecule has 0 bridgehead atoms.